The zero-order valence-electron chi connectivity index (χ0n) is 76.9. The molecule has 8 heterocycles. The lowest BCUT2D eigenvalue weighted by Gasteiger charge is -2.13. The van der Waals surface area contributed by atoms with E-state index in [4.69, 9.17) is 15.0 Å². The molecule has 0 bridgehead atoms. The second kappa shape index (κ2) is 32.3. The third kappa shape index (κ3) is 12.6. The van der Waals surface area contributed by atoms with Gasteiger partial charge in [-0.2, -0.15) is 0 Å². The van der Waals surface area contributed by atoms with Gasteiger partial charge in [0.2, 0.25) is 5.95 Å². The second-order valence-corrected chi connectivity index (χ2v) is 37.2. The summed E-state index contributed by atoms with van der Waals surface area (Å²) in [5, 5.41) is 23.8. The quantitative estimate of drug-likeness (QED) is 0.114. The van der Waals surface area contributed by atoms with Gasteiger partial charge in [-0.15, -0.1) is 0 Å². The monoisotopic (exact) mass is 1810 g/mol. The number of hydrogen-bond donors (Lipinski definition) is 0. The molecule has 0 saturated carbocycles. The largest absolute Gasteiger partial charge is 0.309 e. The van der Waals surface area contributed by atoms with E-state index in [1.54, 1.807) is 0 Å². The highest BCUT2D eigenvalue weighted by Gasteiger charge is 2.28. The van der Waals surface area contributed by atoms with Crippen LogP contribution in [0.15, 0.2) is 504 Å². The van der Waals surface area contributed by atoms with Crippen molar-refractivity contribution in [3.05, 3.63) is 504 Å². The first-order valence-corrected chi connectivity index (χ1v) is 48.6. The van der Waals surface area contributed by atoms with Crippen molar-refractivity contribution in [2.24, 2.45) is 0 Å². The summed E-state index contributed by atoms with van der Waals surface area (Å²) in [6, 6.07) is 181. The van der Waals surface area contributed by atoms with E-state index in [1.165, 1.54) is 214 Å². The molecule has 23 aromatic carbocycles. The highest BCUT2D eigenvalue weighted by atomic mass is 15.2. The number of hydrogen-bond acceptors (Lipinski definition) is 3. The number of para-hydroxylation sites is 8. The molecule has 0 fully saturated rings. The Morgan fingerprint density at radius 1 is 0.148 bits per heavy atom. The molecule has 8 aromatic heterocycles. The van der Waals surface area contributed by atoms with Crippen LogP contribution in [0.1, 0.15) is 0 Å². The summed E-state index contributed by atoms with van der Waals surface area (Å²) in [6.45, 7) is 0. The minimum atomic E-state index is 0.665. The second-order valence-electron chi connectivity index (χ2n) is 37.2. The molecule has 0 N–H and O–H groups in total. The normalized spacial score (nSPS) is 11.9. The number of fused-ring (bicyclic) bond motifs is 10. The number of pyridine rings is 1. The predicted octanol–water partition coefficient (Wildman–Crippen LogP) is 34.8. The topological polar surface area (TPSA) is 68.2 Å². The van der Waals surface area contributed by atoms with Gasteiger partial charge >= 0.3 is 0 Å². The zero-order valence-corrected chi connectivity index (χ0v) is 76.9. The summed E-state index contributed by atoms with van der Waals surface area (Å²) in [7, 11) is 0. The van der Waals surface area contributed by atoms with Crippen molar-refractivity contribution in [2.75, 3.05) is 0 Å². The summed E-state index contributed by atoms with van der Waals surface area (Å²) in [5.74, 6) is 1.59. The van der Waals surface area contributed by atoms with E-state index in [2.05, 4.69) is 525 Å². The van der Waals surface area contributed by atoms with Crippen LogP contribution in [0, 0.1) is 0 Å². The van der Waals surface area contributed by atoms with Crippen LogP contribution in [0.2, 0.25) is 0 Å². The molecule has 0 spiro atoms. The molecule has 0 aliphatic heterocycles. The van der Waals surface area contributed by atoms with Gasteiger partial charge in [-0.25, -0.2) is 15.0 Å². The van der Waals surface area contributed by atoms with E-state index in [0.29, 0.717) is 5.95 Å². The molecule has 0 amide bonds. The Balaban J connectivity index is 0.000000103. The predicted molar refractivity (Wildman–Crippen MR) is 595 cm³/mol. The Hall–Kier alpha value is -19.1. The summed E-state index contributed by atoms with van der Waals surface area (Å²) >= 11 is 0. The van der Waals surface area contributed by atoms with Crippen molar-refractivity contribution in [3.8, 4) is 102 Å². The lowest BCUT2D eigenvalue weighted by atomic mass is 9.94. The van der Waals surface area contributed by atoms with Crippen molar-refractivity contribution in [3.63, 3.8) is 0 Å². The molecular formula is C133H83N9. The third-order valence-electron chi connectivity index (χ3n) is 29.5. The highest BCUT2D eigenvalue weighted by Crippen LogP contribution is 2.50. The number of nitrogens with zero attached hydrogens (tertiary/aromatic N) is 9. The van der Waals surface area contributed by atoms with E-state index < -0.39 is 0 Å². The molecule has 0 saturated heterocycles. The van der Waals surface area contributed by atoms with Gasteiger partial charge < -0.3 is 18.3 Å². The van der Waals surface area contributed by atoms with E-state index in [1.807, 2.05) is 6.07 Å². The van der Waals surface area contributed by atoms with Gasteiger partial charge in [0.05, 0.1) is 83.1 Å². The number of aromatic nitrogens is 9. The molecule has 31 rings (SSSR count). The average molecular weight is 1810 g/mol. The van der Waals surface area contributed by atoms with Crippen LogP contribution in [0.3, 0.4) is 0 Å². The van der Waals surface area contributed by atoms with Crippen LogP contribution in [0.25, 0.3) is 276 Å². The Morgan fingerprint density at radius 3 is 0.958 bits per heavy atom. The van der Waals surface area contributed by atoms with E-state index in [9.17, 15) is 0 Å². The molecule has 0 aliphatic carbocycles. The van der Waals surface area contributed by atoms with Gasteiger partial charge in [-0.1, -0.05) is 358 Å². The summed E-state index contributed by atoms with van der Waals surface area (Å²) in [6.07, 6.45) is 0. The van der Waals surface area contributed by atoms with Crippen LogP contribution in [-0.2, 0) is 0 Å². The van der Waals surface area contributed by atoms with Gasteiger partial charge in [0.1, 0.15) is 5.82 Å². The van der Waals surface area contributed by atoms with Gasteiger partial charge in [0.25, 0.3) is 0 Å². The maximum Gasteiger partial charge on any atom is 0.235 e. The first kappa shape index (κ1) is 80.2. The Bertz CT molecular complexity index is 10400. The Kier molecular flexibility index (Phi) is 18.2. The lowest BCUT2D eigenvalue weighted by molar-refractivity contribution is 1.01. The minimum Gasteiger partial charge on any atom is -0.309 e. The number of rotatable bonds is 12. The van der Waals surface area contributed by atoms with Crippen LogP contribution in [0.4, 0.5) is 0 Å². The van der Waals surface area contributed by atoms with Crippen molar-refractivity contribution in [1.82, 2.24) is 42.4 Å². The minimum absolute atomic E-state index is 0.665. The fraction of sp³-hybridized carbons (Fsp3) is 0. The maximum absolute atomic E-state index is 5.40. The van der Waals surface area contributed by atoms with Gasteiger partial charge in [-0.05, 0) is 222 Å². The molecule has 142 heavy (non-hydrogen) atoms. The fourth-order valence-corrected chi connectivity index (χ4v) is 23.3. The smallest absolute Gasteiger partial charge is 0.235 e. The van der Waals surface area contributed by atoms with Crippen LogP contribution >= 0.6 is 0 Å². The molecular weight excluding hydrogens is 1720 g/mol. The van der Waals surface area contributed by atoms with E-state index in [-0.39, 0.29) is 0 Å². The number of benzene rings is 23. The van der Waals surface area contributed by atoms with E-state index >= 15 is 0 Å². The van der Waals surface area contributed by atoms with Gasteiger partial charge in [-0.3, -0.25) is 9.13 Å². The molecule has 9 heteroatoms. The zero-order chi connectivity index (χ0) is 93.1. The standard InChI is InChI=1S/C52H32N4.C43H27N3.C38H24N2/c1-3-12-33(13-4-1)34-22-24-36(25-23-34)51-42-18-7-9-19-44(42)53-52(54-51)56-47-21-11-14-35-26-28-41-39(29-31-48(56)50(41)49(35)47)37-27-30-46-43(32-37)40-17-8-10-20-45(40)55(46)38-15-5-2-6-16-38;1-3-11-28(12-4-1)36-17-10-20-41(44-36)46-38-19-9-13-29-21-24-35-32(25-26-39(46)43(35)42(29)38)30-22-23-34-33-16-7-8-18-37(33)45(40(34)27-30)31-14-5-2-6-15-31;1-3-11-27(12-4-1)39-33-16-8-7-15-30(33)31-20-19-26(24-36(31)39)29-22-23-35-38-32(29)21-18-25-10-9-17-34(37(25)38)40(35)28-13-5-2-6-14-28/h1-32H;1-27H;1-24H. The highest BCUT2D eigenvalue weighted by molar-refractivity contribution is 6.30. The molecule has 0 radical (unpaired) electrons. The van der Waals surface area contributed by atoms with Crippen LogP contribution < -0.4 is 0 Å². The van der Waals surface area contributed by atoms with Gasteiger partial charge in [0.15, 0.2) is 0 Å². The first-order valence-electron chi connectivity index (χ1n) is 48.6. The van der Waals surface area contributed by atoms with Crippen LogP contribution in [-0.4, -0.2) is 42.4 Å². The van der Waals surface area contributed by atoms with Crippen molar-refractivity contribution < 1.29 is 0 Å². The Labute approximate surface area is 815 Å². The van der Waals surface area contributed by atoms with Gasteiger partial charge in [0, 0.05) is 104 Å². The molecule has 0 atom stereocenters. The average Bonchev–Trinajstić information content (AvgIpc) is 1.56. The van der Waals surface area contributed by atoms with Crippen molar-refractivity contribution >= 4 is 174 Å². The molecule has 660 valence electrons. The molecule has 0 aliphatic rings. The van der Waals surface area contributed by atoms with Crippen molar-refractivity contribution in [1.29, 1.82) is 0 Å². The van der Waals surface area contributed by atoms with Crippen molar-refractivity contribution in [2.45, 2.75) is 0 Å². The fourth-order valence-electron chi connectivity index (χ4n) is 23.3. The van der Waals surface area contributed by atoms with Crippen LogP contribution in [0.5, 0.6) is 0 Å². The maximum atomic E-state index is 5.40. The summed E-state index contributed by atoms with van der Waals surface area (Å²) in [4.78, 5) is 15.8. The first-order chi connectivity index (χ1) is 70.5. The summed E-state index contributed by atoms with van der Waals surface area (Å²) < 4.78 is 14.2. The molecule has 31 aromatic rings. The summed E-state index contributed by atoms with van der Waals surface area (Å²) in [5.41, 5.74) is 33.7. The lowest BCUT2D eigenvalue weighted by Crippen LogP contribution is -2.03. The molecule has 9 nitrogen and oxygen atoms in total. The third-order valence-corrected chi connectivity index (χ3v) is 29.5. The molecule has 0 unspecified atom stereocenters. The van der Waals surface area contributed by atoms with E-state index in [0.717, 1.165) is 56.0 Å². The Morgan fingerprint density at radius 2 is 0.465 bits per heavy atom. The SMILES string of the molecule is c1ccc(-c2ccc(-c3nc(-n4c5cccc6ccc7c(-c8ccc9c(c8)c8ccccc8n9-c8ccccc8)ccc4c7c65)nc4ccccc34)cc2)cc1.c1ccc(-c2cccc(-n3c4cccc5ccc6c(-c7ccc8c9ccccc9n(-c9ccccc9)c8c7)ccc3c6c54)n2)cc1.c1ccc(-n2c3ccccc3c3ccc(-c4ccc5c6c4ccc4cccc(c46)n5-c4ccccc4)cc32)cc1.